The fourth-order valence-corrected chi connectivity index (χ4v) is 2.94. The molecule has 0 amide bonds. The van der Waals surface area contributed by atoms with E-state index in [1.807, 2.05) is 6.08 Å². The first-order valence-electron chi connectivity index (χ1n) is 7.83. The van der Waals surface area contributed by atoms with Crippen molar-refractivity contribution in [3.8, 4) is 0 Å². The van der Waals surface area contributed by atoms with E-state index in [0.717, 1.165) is 11.9 Å². The van der Waals surface area contributed by atoms with Gasteiger partial charge in [0.05, 0.1) is 11.2 Å². The summed E-state index contributed by atoms with van der Waals surface area (Å²) >= 11 is 0. The number of allylic oxidation sites excluding steroid dienone is 1. The van der Waals surface area contributed by atoms with E-state index in [4.69, 9.17) is 9.31 Å². The zero-order chi connectivity index (χ0) is 16.0. The van der Waals surface area contributed by atoms with E-state index in [-0.39, 0.29) is 18.3 Å². The zero-order valence-electron chi connectivity index (χ0n) is 13.8. The van der Waals surface area contributed by atoms with Gasteiger partial charge in [-0.2, -0.15) is 0 Å². The molecule has 2 aromatic rings. The Morgan fingerprint density at radius 1 is 1.00 bits per heavy atom. The average Bonchev–Trinajstić information content (AvgIpc) is 2.67. The molecule has 3 heteroatoms. The van der Waals surface area contributed by atoms with Crippen LogP contribution in [0, 0.1) is 0 Å². The van der Waals surface area contributed by atoms with Crippen molar-refractivity contribution in [3.05, 3.63) is 54.6 Å². The van der Waals surface area contributed by atoms with E-state index in [0.29, 0.717) is 0 Å². The van der Waals surface area contributed by atoms with Gasteiger partial charge in [0.2, 0.25) is 0 Å². The molecule has 114 valence electrons. The van der Waals surface area contributed by atoms with Gasteiger partial charge in [-0.05, 0) is 55.9 Å². The molecule has 1 heterocycles. The van der Waals surface area contributed by atoms with Crippen molar-refractivity contribution in [1.82, 2.24) is 0 Å². The Labute approximate surface area is 133 Å². The van der Waals surface area contributed by atoms with Gasteiger partial charge in [-0.1, -0.05) is 42.5 Å². The predicted molar refractivity (Wildman–Crippen MR) is 93.6 cm³/mol. The highest BCUT2D eigenvalue weighted by Crippen LogP contribution is 2.37. The zero-order valence-corrected chi connectivity index (χ0v) is 13.8. The average molecular weight is 294 g/mol. The van der Waals surface area contributed by atoms with Crippen LogP contribution >= 0.6 is 0 Å². The highest BCUT2D eigenvalue weighted by molar-refractivity contribution is 6.65. The van der Waals surface area contributed by atoms with Crippen LogP contribution in [0.4, 0.5) is 0 Å². The third-order valence-corrected chi connectivity index (χ3v) is 4.89. The van der Waals surface area contributed by atoms with Crippen LogP contribution in [0.25, 0.3) is 10.8 Å². The van der Waals surface area contributed by atoms with Gasteiger partial charge in [0.1, 0.15) is 0 Å². The van der Waals surface area contributed by atoms with E-state index in [9.17, 15) is 0 Å². The number of rotatable bonds is 3. The minimum Gasteiger partial charge on any atom is -0.399 e. The lowest BCUT2D eigenvalue weighted by molar-refractivity contribution is 0.00578. The quantitative estimate of drug-likeness (QED) is 0.632. The normalized spacial score (nSPS) is 19.5. The maximum absolute atomic E-state index is 6.24. The van der Waals surface area contributed by atoms with Gasteiger partial charge in [0, 0.05) is 0 Å². The summed E-state index contributed by atoms with van der Waals surface area (Å²) < 4.78 is 12.5. The molecule has 0 saturated carbocycles. The van der Waals surface area contributed by atoms with E-state index in [1.165, 1.54) is 16.3 Å². The van der Waals surface area contributed by atoms with Crippen LogP contribution in [0.15, 0.2) is 49.1 Å². The summed E-state index contributed by atoms with van der Waals surface area (Å²) in [6.07, 6.45) is 2.78. The second-order valence-corrected chi connectivity index (χ2v) is 6.94. The van der Waals surface area contributed by atoms with Gasteiger partial charge in [-0.25, -0.2) is 0 Å². The molecule has 22 heavy (non-hydrogen) atoms. The largest absolute Gasteiger partial charge is 0.495 e. The standard InChI is InChI=1S/C19H23BO2/c1-6-9-14-10-7-11-15-12-8-13-16(17(14)15)20-21-18(2,3)19(4,5)22-20/h6-8,10-13H,1,9H2,2-5H3. The minimum absolute atomic E-state index is 0.326. The van der Waals surface area contributed by atoms with Crippen molar-refractivity contribution in [2.45, 2.75) is 45.3 Å². The first-order chi connectivity index (χ1) is 10.4. The summed E-state index contributed by atoms with van der Waals surface area (Å²) in [5, 5.41) is 2.44. The highest BCUT2D eigenvalue weighted by atomic mass is 16.7. The molecule has 1 aliphatic heterocycles. The Kier molecular flexibility index (Phi) is 3.66. The van der Waals surface area contributed by atoms with Gasteiger partial charge in [0.25, 0.3) is 0 Å². The maximum Gasteiger partial charge on any atom is 0.495 e. The SMILES string of the molecule is C=CCc1cccc2cccc(B3OC(C)(C)C(C)(C)O3)c12. The molecule has 0 spiro atoms. The van der Waals surface area contributed by atoms with E-state index in [1.54, 1.807) is 0 Å². The molecule has 0 aromatic heterocycles. The fourth-order valence-electron chi connectivity index (χ4n) is 2.94. The lowest BCUT2D eigenvalue weighted by Gasteiger charge is -2.32. The molecule has 1 aliphatic rings. The van der Waals surface area contributed by atoms with Gasteiger partial charge in [0.15, 0.2) is 0 Å². The molecule has 0 N–H and O–H groups in total. The van der Waals surface area contributed by atoms with Crippen LogP contribution in [-0.4, -0.2) is 18.3 Å². The van der Waals surface area contributed by atoms with Crippen molar-refractivity contribution < 1.29 is 9.31 Å². The van der Waals surface area contributed by atoms with Crippen LogP contribution in [0.5, 0.6) is 0 Å². The summed E-state index contributed by atoms with van der Waals surface area (Å²) in [5.41, 5.74) is 1.71. The molecule has 1 fully saturated rings. The molecule has 0 radical (unpaired) electrons. The van der Waals surface area contributed by atoms with Crippen molar-refractivity contribution >= 4 is 23.4 Å². The Hall–Kier alpha value is -1.58. The number of fused-ring (bicyclic) bond motifs is 1. The predicted octanol–water partition coefficient (Wildman–Crippen LogP) is 3.87. The first kappa shape index (κ1) is 15.3. The Morgan fingerprint density at radius 3 is 2.18 bits per heavy atom. The molecule has 0 bridgehead atoms. The molecule has 3 rings (SSSR count). The van der Waals surface area contributed by atoms with Crippen molar-refractivity contribution in [2.24, 2.45) is 0 Å². The van der Waals surface area contributed by atoms with Crippen LogP contribution in [0.1, 0.15) is 33.3 Å². The lowest BCUT2D eigenvalue weighted by atomic mass is 9.75. The summed E-state index contributed by atoms with van der Waals surface area (Å²) in [6.45, 7) is 12.2. The molecule has 0 aliphatic carbocycles. The van der Waals surface area contributed by atoms with Gasteiger partial charge in [-0.3, -0.25) is 0 Å². The molecular formula is C19H23BO2. The number of hydrogen-bond donors (Lipinski definition) is 0. The van der Waals surface area contributed by atoms with Crippen LogP contribution < -0.4 is 5.46 Å². The molecule has 1 saturated heterocycles. The topological polar surface area (TPSA) is 18.5 Å². The monoisotopic (exact) mass is 294 g/mol. The number of benzene rings is 2. The molecule has 0 atom stereocenters. The fraction of sp³-hybridized carbons (Fsp3) is 0.368. The maximum atomic E-state index is 6.24. The summed E-state index contributed by atoms with van der Waals surface area (Å²) in [7, 11) is -0.334. The lowest BCUT2D eigenvalue weighted by Crippen LogP contribution is -2.41. The smallest absolute Gasteiger partial charge is 0.399 e. The molecular weight excluding hydrogens is 271 g/mol. The van der Waals surface area contributed by atoms with E-state index < -0.39 is 0 Å². The summed E-state index contributed by atoms with van der Waals surface area (Å²) in [5.74, 6) is 0. The second-order valence-electron chi connectivity index (χ2n) is 6.94. The Bertz CT molecular complexity index is 697. The minimum atomic E-state index is -0.334. The first-order valence-corrected chi connectivity index (χ1v) is 7.83. The van der Waals surface area contributed by atoms with Crippen LogP contribution in [0.2, 0.25) is 0 Å². The number of hydrogen-bond acceptors (Lipinski definition) is 2. The van der Waals surface area contributed by atoms with E-state index >= 15 is 0 Å². The highest BCUT2D eigenvalue weighted by Gasteiger charge is 2.52. The van der Waals surface area contributed by atoms with Crippen molar-refractivity contribution in [3.63, 3.8) is 0 Å². The van der Waals surface area contributed by atoms with Gasteiger partial charge < -0.3 is 9.31 Å². The summed E-state index contributed by atoms with van der Waals surface area (Å²) in [4.78, 5) is 0. The molecule has 0 unspecified atom stereocenters. The van der Waals surface area contributed by atoms with Crippen molar-refractivity contribution in [1.29, 1.82) is 0 Å². The van der Waals surface area contributed by atoms with E-state index in [2.05, 4.69) is 70.7 Å². The molecule has 2 aromatic carbocycles. The Morgan fingerprint density at radius 2 is 1.59 bits per heavy atom. The van der Waals surface area contributed by atoms with Crippen LogP contribution in [0.3, 0.4) is 0 Å². The summed E-state index contributed by atoms with van der Waals surface area (Å²) in [6, 6.07) is 12.7. The van der Waals surface area contributed by atoms with Gasteiger partial charge >= 0.3 is 7.12 Å². The second kappa shape index (κ2) is 5.25. The Balaban J connectivity index is 2.14. The van der Waals surface area contributed by atoms with Gasteiger partial charge in [-0.15, -0.1) is 6.58 Å². The van der Waals surface area contributed by atoms with Crippen LogP contribution in [-0.2, 0) is 15.7 Å². The van der Waals surface area contributed by atoms with Crippen molar-refractivity contribution in [2.75, 3.05) is 0 Å². The third kappa shape index (κ3) is 2.39. The third-order valence-electron chi connectivity index (χ3n) is 4.89. The molecule has 2 nitrogen and oxygen atoms in total.